The summed E-state index contributed by atoms with van der Waals surface area (Å²) in [5.41, 5.74) is 4.69. The zero-order valence-corrected chi connectivity index (χ0v) is 28.6. The van der Waals surface area contributed by atoms with E-state index in [9.17, 15) is 18.9 Å². The summed E-state index contributed by atoms with van der Waals surface area (Å²) in [6, 6.07) is 3.26. The molecule has 242 valence electrons. The quantitative estimate of drug-likeness (QED) is 0.182. The molecule has 0 aromatic carbocycles. The highest BCUT2D eigenvalue weighted by Crippen LogP contribution is 2.51. The van der Waals surface area contributed by atoms with Crippen LogP contribution in [0.5, 0.6) is 0 Å². The number of phosphoric ester groups is 1. The average molecular weight is 664 g/mol. The second-order valence-electron chi connectivity index (χ2n) is 12.7. The SMILES string of the molecule is CC1(C)OC2C(COP(=O)(OCCSC(=O)C(C)(C)C)OCCSC(=O)C(C)(C)C)OC([n+]3cccc(C(N)=O)c3)C2O1. The van der Waals surface area contributed by atoms with E-state index in [-0.39, 0.29) is 47.1 Å². The number of fused-ring (bicyclic) bond motifs is 1. The van der Waals surface area contributed by atoms with Crippen LogP contribution in [0.4, 0.5) is 0 Å². The predicted octanol–water partition coefficient (Wildman–Crippen LogP) is 4.26. The Morgan fingerprint density at radius 1 is 0.953 bits per heavy atom. The van der Waals surface area contributed by atoms with Crippen molar-refractivity contribution in [2.45, 2.75) is 85.7 Å². The summed E-state index contributed by atoms with van der Waals surface area (Å²) in [7, 11) is -4.15. The molecule has 1 aromatic heterocycles. The molecule has 2 saturated heterocycles. The molecule has 3 rings (SSSR count). The molecule has 2 fully saturated rings. The molecule has 0 bridgehead atoms. The van der Waals surface area contributed by atoms with E-state index in [1.807, 2.05) is 41.5 Å². The van der Waals surface area contributed by atoms with Gasteiger partial charge < -0.3 is 19.9 Å². The van der Waals surface area contributed by atoms with Crippen LogP contribution >= 0.6 is 31.3 Å². The number of rotatable bonds is 13. The summed E-state index contributed by atoms with van der Waals surface area (Å²) in [5, 5.41) is -0.0552. The highest BCUT2D eigenvalue weighted by molar-refractivity contribution is 8.14. The molecule has 15 heteroatoms. The molecular formula is C28H44N2O10PS2+. The smallest absolute Gasteiger partial charge is 0.365 e. The molecule has 2 aliphatic heterocycles. The number of nitrogens with two attached hydrogens (primary N) is 1. The van der Waals surface area contributed by atoms with Crippen molar-refractivity contribution in [3.8, 4) is 0 Å². The Labute approximate surface area is 262 Å². The van der Waals surface area contributed by atoms with Crippen molar-refractivity contribution in [1.82, 2.24) is 0 Å². The van der Waals surface area contributed by atoms with Gasteiger partial charge in [0.2, 0.25) is 0 Å². The molecule has 4 atom stereocenters. The molecule has 1 aromatic rings. The molecule has 0 aliphatic carbocycles. The molecular weight excluding hydrogens is 619 g/mol. The number of aromatic nitrogens is 1. The van der Waals surface area contributed by atoms with Gasteiger partial charge in [0.15, 0.2) is 34.5 Å². The van der Waals surface area contributed by atoms with Gasteiger partial charge >= 0.3 is 7.82 Å². The Morgan fingerprint density at radius 3 is 2.00 bits per heavy atom. The third-order valence-corrected chi connectivity index (χ3v) is 10.2. The van der Waals surface area contributed by atoms with Crippen molar-refractivity contribution < 1.29 is 51.3 Å². The molecule has 43 heavy (non-hydrogen) atoms. The number of nitrogens with zero attached hydrogens (tertiary/aromatic N) is 1. The summed E-state index contributed by atoms with van der Waals surface area (Å²) in [6.07, 6.45) is 0.676. The highest BCUT2D eigenvalue weighted by atomic mass is 32.2. The number of pyridine rings is 1. The standard InChI is InChI=1S/C28H43N2O10PS2/c1-26(2,3)24(32)42-14-12-35-41(34,36-13-15-43-25(33)27(4,5)6)37-17-19-20-21(40-28(7,8)39-20)23(38-19)30-11-9-10-18(16-30)22(29)31/h9-11,16,19-21,23H,12-15,17H2,1-8H3,(H-,29,31)/p+1. The first-order valence-corrected chi connectivity index (χ1v) is 17.4. The zero-order chi connectivity index (χ0) is 32.2. The van der Waals surface area contributed by atoms with Gasteiger partial charge in [0, 0.05) is 28.4 Å². The number of thioether (sulfide) groups is 2. The molecule has 2 N–H and O–H groups in total. The Hall–Kier alpha value is -1.35. The van der Waals surface area contributed by atoms with E-state index in [0.717, 1.165) is 23.5 Å². The summed E-state index contributed by atoms with van der Waals surface area (Å²) < 4.78 is 50.8. The van der Waals surface area contributed by atoms with Crippen molar-refractivity contribution in [2.24, 2.45) is 16.6 Å². The van der Waals surface area contributed by atoms with Crippen LogP contribution < -0.4 is 10.3 Å². The first kappa shape index (κ1) is 36.1. The van der Waals surface area contributed by atoms with Crippen LogP contribution in [0.2, 0.25) is 0 Å². The van der Waals surface area contributed by atoms with Crippen molar-refractivity contribution >= 4 is 47.5 Å². The summed E-state index contributed by atoms with van der Waals surface area (Å²) in [4.78, 5) is 36.3. The predicted molar refractivity (Wildman–Crippen MR) is 162 cm³/mol. The third kappa shape index (κ3) is 10.3. The van der Waals surface area contributed by atoms with Gasteiger partial charge in [-0.3, -0.25) is 28.0 Å². The topological polar surface area (TPSA) is 154 Å². The number of ether oxygens (including phenoxy) is 3. The number of hydrogen-bond donors (Lipinski definition) is 1. The molecule has 4 unspecified atom stereocenters. The maximum Gasteiger partial charge on any atom is 0.474 e. The lowest BCUT2D eigenvalue weighted by Crippen LogP contribution is -2.46. The van der Waals surface area contributed by atoms with Gasteiger partial charge in [-0.15, -0.1) is 0 Å². The third-order valence-electron chi connectivity index (χ3n) is 6.28. The Bertz CT molecular complexity index is 1180. The van der Waals surface area contributed by atoms with Gasteiger partial charge in [0.25, 0.3) is 12.1 Å². The van der Waals surface area contributed by atoms with E-state index >= 15 is 0 Å². The lowest BCUT2D eigenvalue weighted by molar-refractivity contribution is -0.766. The van der Waals surface area contributed by atoms with E-state index < -0.39 is 54.9 Å². The van der Waals surface area contributed by atoms with Crippen LogP contribution in [0.1, 0.15) is 72.0 Å². The summed E-state index contributed by atoms with van der Waals surface area (Å²) in [6.45, 7) is 14.1. The van der Waals surface area contributed by atoms with Gasteiger partial charge in [-0.05, 0) is 19.9 Å². The lowest BCUT2D eigenvalue weighted by atomic mass is 9.99. The maximum absolute atomic E-state index is 13.7. The Kier molecular flexibility index (Phi) is 12.1. The normalized spacial score (nSPS) is 23.7. The first-order valence-electron chi connectivity index (χ1n) is 14.0. The second kappa shape index (κ2) is 14.4. The van der Waals surface area contributed by atoms with Crippen molar-refractivity contribution in [3.63, 3.8) is 0 Å². The van der Waals surface area contributed by atoms with E-state index in [1.165, 1.54) is 0 Å². The number of carbonyl (C=O) groups is 3. The molecule has 0 radical (unpaired) electrons. The monoisotopic (exact) mass is 663 g/mol. The van der Waals surface area contributed by atoms with Crippen LogP contribution in [0, 0.1) is 10.8 Å². The number of phosphoric acid groups is 1. The van der Waals surface area contributed by atoms with Crippen LogP contribution in [-0.2, 0) is 41.9 Å². The minimum atomic E-state index is -4.15. The largest absolute Gasteiger partial charge is 0.474 e. The van der Waals surface area contributed by atoms with Crippen molar-refractivity contribution in [1.29, 1.82) is 0 Å². The summed E-state index contributed by atoms with van der Waals surface area (Å²) in [5.74, 6) is -1.03. The fourth-order valence-electron chi connectivity index (χ4n) is 4.11. The molecule has 0 saturated carbocycles. The molecule has 12 nitrogen and oxygen atoms in total. The maximum atomic E-state index is 13.7. The van der Waals surface area contributed by atoms with Crippen LogP contribution in [0.15, 0.2) is 24.5 Å². The number of carbonyl (C=O) groups excluding carboxylic acids is 3. The van der Waals surface area contributed by atoms with Gasteiger partial charge in [0.05, 0.1) is 19.8 Å². The van der Waals surface area contributed by atoms with Crippen molar-refractivity contribution in [3.05, 3.63) is 30.1 Å². The molecule has 0 spiro atoms. The molecule has 1 amide bonds. The van der Waals surface area contributed by atoms with Crippen LogP contribution in [0.25, 0.3) is 0 Å². The minimum absolute atomic E-state index is 0.0276. The van der Waals surface area contributed by atoms with E-state index in [4.69, 9.17) is 33.5 Å². The highest BCUT2D eigenvalue weighted by Gasteiger charge is 2.59. The lowest BCUT2D eigenvalue weighted by Gasteiger charge is -2.24. The fraction of sp³-hybridized carbons (Fsp3) is 0.714. The van der Waals surface area contributed by atoms with E-state index in [1.54, 1.807) is 42.9 Å². The van der Waals surface area contributed by atoms with Gasteiger partial charge in [0.1, 0.15) is 17.8 Å². The van der Waals surface area contributed by atoms with Crippen LogP contribution in [0.3, 0.4) is 0 Å². The average Bonchev–Trinajstić information content (AvgIpc) is 3.39. The van der Waals surface area contributed by atoms with Gasteiger partial charge in [-0.25, -0.2) is 4.57 Å². The van der Waals surface area contributed by atoms with Crippen LogP contribution in [-0.4, -0.2) is 71.6 Å². The van der Waals surface area contributed by atoms with Crippen molar-refractivity contribution in [2.75, 3.05) is 31.3 Å². The molecule has 3 heterocycles. The minimum Gasteiger partial charge on any atom is -0.365 e. The fourth-order valence-corrected chi connectivity index (χ4v) is 7.11. The molecule has 2 aliphatic rings. The Morgan fingerprint density at radius 2 is 1.49 bits per heavy atom. The zero-order valence-electron chi connectivity index (χ0n) is 26.0. The number of amides is 1. The van der Waals surface area contributed by atoms with E-state index in [2.05, 4.69) is 0 Å². The summed E-state index contributed by atoms with van der Waals surface area (Å²) >= 11 is 2.15. The van der Waals surface area contributed by atoms with Gasteiger partial charge in [-0.2, -0.15) is 4.57 Å². The number of hydrogen-bond acceptors (Lipinski definition) is 12. The van der Waals surface area contributed by atoms with Gasteiger partial charge in [-0.1, -0.05) is 65.1 Å². The first-order chi connectivity index (χ1) is 19.8. The Balaban J connectivity index is 1.70. The number of primary amides is 1. The van der Waals surface area contributed by atoms with E-state index in [0.29, 0.717) is 0 Å². The second-order valence-corrected chi connectivity index (χ2v) is 16.5.